The third-order valence-corrected chi connectivity index (χ3v) is 8.00. The first-order valence-corrected chi connectivity index (χ1v) is 17.2. The highest BCUT2D eigenvalue weighted by Crippen LogP contribution is 2.20. The third-order valence-electron chi connectivity index (χ3n) is 7.72. The van der Waals surface area contributed by atoms with Crippen molar-refractivity contribution >= 4 is 79.7 Å². The quantitative estimate of drug-likeness (QED) is 0.0728. The Kier molecular flexibility index (Phi) is 26.0. The number of aromatic nitrogens is 2. The van der Waals surface area contributed by atoms with E-state index in [0.717, 1.165) is 44.9 Å². The average Bonchev–Trinajstić information content (AvgIpc) is 3.04. The number of aryl methyl sites for hydroxylation is 2. The van der Waals surface area contributed by atoms with Crippen LogP contribution in [0.4, 0.5) is 11.6 Å². The maximum absolute atomic E-state index is 13.1. The fourth-order valence-corrected chi connectivity index (χ4v) is 5.04. The summed E-state index contributed by atoms with van der Waals surface area (Å²) in [4.78, 5) is 56.6. The molecule has 2 atom stereocenters. The zero-order chi connectivity index (χ0) is 37.8. The second kappa shape index (κ2) is 26.9. The van der Waals surface area contributed by atoms with Gasteiger partial charge in [-0.3, -0.25) is 34.6 Å². The molecule has 2 aromatic rings. The van der Waals surface area contributed by atoms with Gasteiger partial charge in [0.1, 0.15) is 0 Å². The Morgan fingerprint density at radius 2 is 1.46 bits per heavy atom. The number of halogens is 1. The maximum atomic E-state index is 13.1. The predicted octanol–water partition coefficient (Wildman–Crippen LogP) is 2.72. The number of ketones is 1. The summed E-state index contributed by atoms with van der Waals surface area (Å²) in [7, 11) is 7.32. The van der Waals surface area contributed by atoms with Crippen molar-refractivity contribution in [3.63, 3.8) is 0 Å². The summed E-state index contributed by atoms with van der Waals surface area (Å²) in [6.45, 7) is 5.23. The van der Waals surface area contributed by atoms with E-state index in [4.69, 9.17) is 40.3 Å². The topological polar surface area (TPSA) is 250 Å². The molecule has 294 valence electrons. The molecule has 2 rings (SSSR count). The fraction of sp³-hybridized carbons (Fsp3) is 0.559. The lowest BCUT2D eigenvalue weighted by Crippen LogP contribution is -2.39. The molecule has 18 heteroatoms. The minimum absolute atomic E-state index is 0. The van der Waals surface area contributed by atoms with Gasteiger partial charge in [-0.05, 0) is 58.7 Å². The van der Waals surface area contributed by atoms with Gasteiger partial charge in [-0.15, -0.1) is 0 Å². The van der Waals surface area contributed by atoms with E-state index in [-0.39, 0.29) is 91.5 Å². The first-order chi connectivity index (χ1) is 23.6. The molecule has 1 aromatic heterocycles. The van der Waals surface area contributed by atoms with Gasteiger partial charge in [0.05, 0.1) is 6.04 Å². The van der Waals surface area contributed by atoms with Crippen LogP contribution in [0.1, 0.15) is 79.9 Å². The van der Waals surface area contributed by atoms with Gasteiger partial charge in [-0.25, -0.2) is 9.97 Å². The standard InChI is InChI=1S/C23H39N5O2.C11H18ClN7O.2H2S/c1-17-9-11-18(12-10-17)13-14-20(27(2)3)21(29)16-19(22(30)28(4)5)8-6-7-15-26-23(24)25;1-2-3-4-5-16-11(15)19-10(20)6-8(13)18-9(14)7(12)17-6;;/h9-12,19-20H,6-8,13-16H2,1-5H3,(H4,24,25,26);2-5H2,1H3,(H4,13,14,18)(H3,15,16,19,20);2*1H2/t19-,20+;;;/m1.../s1. The first-order valence-electron chi connectivity index (χ1n) is 16.8. The van der Waals surface area contributed by atoms with Crippen molar-refractivity contribution in [3.05, 3.63) is 46.2 Å². The molecule has 52 heavy (non-hydrogen) atoms. The van der Waals surface area contributed by atoms with Crippen molar-refractivity contribution in [2.24, 2.45) is 33.1 Å². The van der Waals surface area contributed by atoms with Gasteiger partial charge in [-0.2, -0.15) is 27.0 Å². The molecular formula is C34H61ClN12O3S2. The highest BCUT2D eigenvalue weighted by Gasteiger charge is 2.28. The number of benzene rings is 1. The summed E-state index contributed by atoms with van der Waals surface area (Å²) in [6, 6.07) is 8.21. The summed E-state index contributed by atoms with van der Waals surface area (Å²) in [5.41, 5.74) is 29.6. The van der Waals surface area contributed by atoms with E-state index in [0.29, 0.717) is 19.5 Å². The lowest BCUT2D eigenvalue weighted by molar-refractivity contribution is -0.137. The van der Waals surface area contributed by atoms with Gasteiger partial charge in [0.2, 0.25) is 5.91 Å². The van der Waals surface area contributed by atoms with Crippen molar-refractivity contribution in [1.82, 2.24) is 25.1 Å². The van der Waals surface area contributed by atoms with Gasteiger partial charge in [0.15, 0.2) is 40.2 Å². The maximum Gasteiger partial charge on any atom is 0.280 e. The Morgan fingerprint density at radius 1 is 0.865 bits per heavy atom. The van der Waals surface area contributed by atoms with Gasteiger partial charge >= 0.3 is 0 Å². The number of likely N-dealkylation sites (N-methyl/N-ethyl adjacent to an activating group) is 1. The Hall–Kier alpha value is -3.80. The number of amides is 2. The number of nitrogens with zero attached hydrogens (tertiary/aromatic N) is 6. The molecule has 0 saturated carbocycles. The van der Waals surface area contributed by atoms with E-state index in [9.17, 15) is 14.4 Å². The van der Waals surface area contributed by atoms with Crippen molar-refractivity contribution < 1.29 is 14.4 Å². The zero-order valence-electron chi connectivity index (χ0n) is 31.4. The number of rotatable bonds is 18. The van der Waals surface area contributed by atoms with Crippen molar-refractivity contribution in [2.75, 3.05) is 52.7 Å². The molecule has 0 fully saturated rings. The SMILES string of the molecule is CCCCCN=C(N)NC(=O)c1nc(Cl)c(N)nc1N.Cc1ccc(CC[C@@H](C(=O)C[C@@H](CCCCN=C(N)N)C(=O)N(C)C)N(C)C)cc1.S.S. The van der Waals surface area contributed by atoms with Crippen molar-refractivity contribution in [3.8, 4) is 0 Å². The van der Waals surface area contributed by atoms with Crippen LogP contribution in [0, 0.1) is 12.8 Å². The van der Waals surface area contributed by atoms with Crippen molar-refractivity contribution in [1.29, 1.82) is 0 Å². The van der Waals surface area contributed by atoms with Crippen LogP contribution in [0.25, 0.3) is 0 Å². The molecule has 0 radical (unpaired) electrons. The number of carbonyl (C=O) groups is 3. The fourth-order valence-electron chi connectivity index (χ4n) is 4.92. The minimum Gasteiger partial charge on any atom is -0.382 e. The van der Waals surface area contributed by atoms with Crippen LogP contribution in [-0.4, -0.2) is 96.6 Å². The number of hydrogen-bond acceptors (Lipinski definition) is 10. The highest BCUT2D eigenvalue weighted by atomic mass is 35.5. The van der Waals surface area contributed by atoms with Crippen LogP contribution in [0.15, 0.2) is 34.3 Å². The Balaban J connectivity index is 0. The second-order valence-electron chi connectivity index (χ2n) is 12.5. The molecule has 0 bridgehead atoms. The normalized spacial score (nSPS) is 11.9. The molecule has 0 unspecified atom stereocenters. The molecule has 0 aliphatic carbocycles. The Morgan fingerprint density at radius 3 is 2.02 bits per heavy atom. The van der Waals surface area contributed by atoms with Gasteiger partial charge in [0.25, 0.3) is 5.91 Å². The number of nitrogens with two attached hydrogens (primary N) is 5. The number of carbonyl (C=O) groups excluding carboxylic acids is 3. The number of guanidine groups is 2. The average molecular weight is 786 g/mol. The molecule has 0 aliphatic heterocycles. The minimum atomic E-state index is -0.631. The molecule has 0 spiro atoms. The summed E-state index contributed by atoms with van der Waals surface area (Å²) in [6.07, 6.45) is 7.11. The van der Waals surface area contributed by atoms with Crippen molar-refractivity contribution in [2.45, 2.75) is 77.7 Å². The first kappa shape index (κ1) is 50.3. The molecule has 0 aliphatic rings. The second-order valence-corrected chi connectivity index (χ2v) is 12.8. The van der Waals surface area contributed by atoms with Gasteiger partial charge < -0.3 is 33.6 Å². The van der Waals surface area contributed by atoms with Crippen LogP contribution in [0.2, 0.25) is 5.15 Å². The number of nitrogen functional groups attached to an aromatic ring is 2. The summed E-state index contributed by atoms with van der Waals surface area (Å²) in [5, 5.41) is 2.27. The van der Waals surface area contributed by atoms with Crippen LogP contribution in [0.5, 0.6) is 0 Å². The zero-order valence-corrected chi connectivity index (χ0v) is 34.2. The Labute approximate surface area is 327 Å². The molecule has 1 heterocycles. The summed E-state index contributed by atoms with van der Waals surface area (Å²) in [5.74, 6) is -0.904. The van der Waals surface area contributed by atoms with Crippen LogP contribution in [-0.2, 0) is 16.0 Å². The van der Waals surface area contributed by atoms with E-state index < -0.39 is 5.91 Å². The van der Waals surface area contributed by atoms with Gasteiger partial charge in [0, 0.05) is 39.5 Å². The van der Waals surface area contributed by atoms with Crippen LogP contribution >= 0.6 is 38.6 Å². The number of aliphatic imine (C=N–C) groups is 2. The van der Waals surface area contributed by atoms with Gasteiger partial charge in [-0.1, -0.05) is 67.6 Å². The smallest absolute Gasteiger partial charge is 0.280 e. The number of anilines is 2. The number of hydrogen-bond donors (Lipinski definition) is 6. The summed E-state index contributed by atoms with van der Waals surface area (Å²) >= 11 is 5.69. The van der Waals surface area contributed by atoms with E-state index in [2.05, 4.69) is 63.4 Å². The van der Waals surface area contributed by atoms with E-state index >= 15 is 0 Å². The third kappa shape index (κ3) is 19.7. The van der Waals surface area contributed by atoms with E-state index in [1.54, 1.807) is 19.0 Å². The Bertz CT molecular complexity index is 1440. The molecule has 2 amide bonds. The molecule has 0 saturated heterocycles. The van der Waals surface area contributed by atoms with E-state index in [1.807, 2.05) is 19.0 Å². The molecule has 15 nitrogen and oxygen atoms in total. The molecular weight excluding hydrogens is 724 g/mol. The van der Waals surface area contributed by atoms with E-state index in [1.165, 1.54) is 11.1 Å². The monoisotopic (exact) mass is 784 g/mol. The highest BCUT2D eigenvalue weighted by molar-refractivity contribution is 7.59. The molecule has 11 N–H and O–H groups in total. The number of Topliss-reactive ketones (excluding diaryl/α,β-unsaturated/α-hetero) is 1. The lowest BCUT2D eigenvalue weighted by Gasteiger charge is -2.26. The largest absolute Gasteiger partial charge is 0.382 e. The number of unbranched alkanes of at least 4 members (excludes halogenated alkanes) is 3. The number of nitrogens with one attached hydrogen (secondary N) is 1. The van der Waals surface area contributed by atoms with Crippen LogP contribution < -0.4 is 34.0 Å². The summed E-state index contributed by atoms with van der Waals surface area (Å²) < 4.78 is 0. The molecule has 1 aromatic carbocycles. The van der Waals surface area contributed by atoms with Crippen LogP contribution in [0.3, 0.4) is 0 Å². The predicted molar refractivity (Wildman–Crippen MR) is 223 cm³/mol. The lowest BCUT2D eigenvalue weighted by atomic mass is 9.90.